The van der Waals surface area contributed by atoms with E-state index in [9.17, 15) is 15.3 Å². The van der Waals surface area contributed by atoms with Crippen LogP contribution < -0.4 is 0 Å². The molecule has 146 valence electrons. The van der Waals surface area contributed by atoms with Gasteiger partial charge in [-0.1, -0.05) is 54.6 Å². The molecule has 0 unspecified atom stereocenters. The van der Waals surface area contributed by atoms with Crippen LogP contribution in [0.5, 0.6) is 17.2 Å². The summed E-state index contributed by atoms with van der Waals surface area (Å²) in [5.41, 5.74) is 4.94. The number of phenols is 3. The lowest BCUT2D eigenvalue weighted by Crippen LogP contribution is -2.23. The largest absolute Gasteiger partial charge is 0.507 e. The minimum Gasteiger partial charge on any atom is -0.507 e. The van der Waals surface area contributed by atoms with Crippen LogP contribution in [-0.4, -0.2) is 20.2 Å². The number of aryl methyl sites for hydroxylation is 3. The van der Waals surface area contributed by atoms with E-state index in [4.69, 9.17) is 0 Å². The molecule has 4 heteroatoms. The van der Waals surface area contributed by atoms with Gasteiger partial charge in [0.2, 0.25) is 0 Å². The van der Waals surface area contributed by atoms with Crippen molar-refractivity contribution in [1.82, 2.24) is 4.90 Å². The van der Waals surface area contributed by atoms with E-state index in [0.29, 0.717) is 19.6 Å². The maximum atomic E-state index is 10.5. The number of para-hydroxylation sites is 3. The first-order valence-corrected chi connectivity index (χ1v) is 9.41. The van der Waals surface area contributed by atoms with Crippen LogP contribution in [0.25, 0.3) is 0 Å². The highest BCUT2D eigenvalue weighted by molar-refractivity contribution is 5.42. The topological polar surface area (TPSA) is 63.9 Å². The van der Waals surface area contributed by atoms with E-state index in [1.807, 2.05) is 75.4 Å². The Morgan fingerprint density at radius 3 is 1.11 bits per heavy atom. The van der Waals surface area contributed by atoms with Gasteiger partial charge < -0.3 is 15.3 Å². The SMILES string of the molecule is Cc1cccc(CN(Cc2cccc(C)c2O)Cc2cccc(C)c2O)c1O. The highest BCUT2D eigenvalue weighted by Gasteiger charge is 2.16. The van der Waals surface area contributed by atoms with Crippen LogP contribution in [0.4, 0.5) is 0 Å². The van der Waals surface area contributed by atoms with Crippen LogP contribution in [0, 0.1) is 20.8 Å². The summed E-state index contributed by atoms with van der Waals surface area (Å²) in [4.78, 5) is 2.11. The number of hydrogen-bond acceptors (Lipinski definition) is 4. The second-order valence-corrected chi connectivity index (χ2v) is 7.39. The Labute approximate surface area is 166 Å². The third kappa shape index (κ3) is 4.29. The van der Waals surface area contributed by atoms with Crippen LogP contribution in [0.3, 0.4) is 0 Å². The predicted molar refractivity (Wildman–Crippen MR) is 111 cm³/mol. The van der Waals surface area contributed by atoms with Crippen LogP contribution in [0.2, 0.25) is 0 Å². The number of phenolic OH excluding ortho intramolecular Hbond substituents is 3. The van der Waals surface area contributed by atoms with Gasteiger partial charge in [-0.2, -0.15) is 0 Å². The van der Waals surface area contributed by atoms with Gasteiger partial charge in [-0.05, 0) is 37.5 Å². The standard InChI is InChI=1S/C24H27NO3/c1-16-7-4-10-19(22(16)26)13-25(14-20-11-5-8-17(2)23(20)27)15-21-12-6-9-18(3)24(21)28/h4-12,26-28H,13-15H2,1-3H3. The number of benzene rings is 3. The molecule has 28 heavy (non-hydrogen) atoms. The summed E-state index contributed by atoms with van der Waals surface area (Å²) in [6.45, 7) is 7.11. The Morgan fingerprint density at radius 1 is 0.536 bits per heavy atom. The van der Waals surface area contributed by atoms with Gasteiger partial charge in [0.05, 0.1) is 0 Å². The summed E-state index contributed by atoms with van der Waals surface area (Å²) in [6.07, 6.45) is 0. The van der Waals surface area contributed by atoms with E-state index >= 15 is 0 Å². The average molecular weight is 377 g/mol. The van der Waals surface area contributed by atoms with E-state index in [1.165, 1.54) is 0 Å². The molecule has 0 saturated carbocycles. The first-order chi connectivity index (χ1) is 13.4. The first-order valence-electron chi connectivity index (χ1n) is 9.41. The fourth-order valence-electron chi connectivity index (χ4n) is 3.43. The molecule has 0 atom stereocenters. The molecule has 0 aliphatic carbocycles. The van der Waals surface area contributed by atoms with Crippen molar-refractivity contribution < 1.29 is 15.3 Å². The average Bonchev–Trinajstić information content (AvgIpc) is 2.66. The fourth-order valence-corrected chi connectivity index (χ4v) is 3.43. The molecule has 0 saturated heterocycles. The summed E-state index contributed by atoms with van der Waals surface area (Å²) >= 11 is 0. The van der Waals surface area contributed by atoms with Gasteiger partial charge in [0.25, 0.3) is 0 Å². The Morgan fingerprint density at radius 2 is 0.821 bits per heavy atom. The number of hydrogen-bond donors (Lipinski definition) is 3. The van der Waals surface area contributed by atoms with Crippen molar-refractivity contribution in [2.24, 2.45) is 0 Å². The zero-order chi connectivity index (χ0) is 20.3. The predicted octanol–water partition coefficient (Wildman–Crippen LogP) is 4.93. The van der Waals surface area contributed by atoms with Gasteiger partial charge >= 0.3 is 0 Å². The maximum absolute atomic E-state index is 10.5. The first kappa shape index (κ1) is 19.8. The molecule has 0 aliphatic heterocycles. The van der Waals surface area contributed by atoms with E-state index in [-0.39, 0.29) is 17.2 Å². The number of rotatable bonds is 6. The molecule has 3 N–H and O–H groups in total. The lowest BCUT2D eigenvalue weighted by atomic mass is 10.1. The van der Waals surface area contributed by atoms with Crippen LogP contribution >= 0.6 is 0 Å². The van der Waals surface area contributed by atoms with Crippen molar-refractivity contribution >= 4 is 0 Å². The minimum absolute atomic E-state index is 0.287. The Kier molecular flexibility index (Phi) is 5.90. The Balaban J connectivity index is 1.94. The molecule has 0 aromatic heterocycles. The summed E-state index contributed by atoms with van der Waals surface area (Å²) in [6, 6.07) is 17.1. The molecule has 0 heterocycles. The van der Waals surface area contributed by atoms with Crippen molar-refractivity contribution in [3.63, 3.8) is 0 Å². The molecule has 4 nitrogen and oxygen atoms in total. The number of nitrogens with zero attached hydrogens (tertiary/aromatic N) is 1. The third-order valence-electron chi connectivity index (χ3n) is 5.15. The highest BCUT2D eigenvalue weighted by Crippen LogP contribution is 2.29. The normalized spacial score (nSPS) is 11.1. The van der Waals surface area contributed by atoms with Crippen LogP contribution in [0.15, 0.2) is 54.6 Å². The summed E-state index contributed by atoms with van der Waals surface area (Å²) in [5, 5.41) is 31.4. The smallest absolute Gasteiger partial charge is 0.122 e. The van der Waals surface area contributed by atoms with Crippen molar-refractivity contribution in [3.05, 3.63) is 88.0 Å². The maximum Gasteiger partial charge on any atom is 0.122 e. The molecule has 3 aromatic rings. The van der Waals surface area contributed by atoms with Crippen molar-refractivity contribution in [2.45, 2.75) is 40.4 Å². The van der Waals surface area contributed by atoms with E-state index < -0.39 is 0 Å². The zero-order valence-corrected chi connectivity index (χ0v) is 16.6. The molecule has 0 bridgehead atoms. The van der Waals surface area contributed by atoms with Crippen molar-refractivity contribution in [2.75, 3.05) is 0 Å². The molecule has 3 aromatic carbocycles. The molecule has 0 amide bonds. The molecule has 0 aliphatic rings. The summed E-state index contributed by atoms with van der Waals surface area (Å²) in [7, 11) is 0. The number of aromatic hydroxyl groups is 3. The second kappa shape index (κ2) is 8.36. The van der Waals surface area contributed by atoms with Crippen LogP contribution in [0.1, 0.15) is 33.4 Å². The lowest BCUT2D eigenvalue weighted by molar-refractivity contribution is 0.237. The van der Waals surface area contributed by atoms with Crippen LogP contribution in [-0.2, 0) is 19.6 Å². The monoisotopic (exact) mass is 377 g/mol. The van der Waals surface area contributed by atoms with Gasteiger partial charge in [-0.15, -0.1) is 0 Å². The molecule has 0 spiro atoms. The van der Waals surface area contributed by atoms with Gasteiger partial charge in [-0.3, -0.25) is 4.90 Å². The third-order valence-corrected chi connectivity index (χ3v) is 5.15. The van der Waals surface area contributed by atoms with Crippen molar-refractivity contribution in [1.29, 1.82) is 0 Å². The Bertz CT molecular complexity index is 854. The minimum atomic E-state index is 0.287. The Hall–Kier alpha value is -2.98. The second-order valence-electron chi connectivity index (χ2n) is 7.39. The molecular weight excluding hydrogens is 350 g/mol. The lowest BCUT2D eigenvalue weighted by Gasteiger charge is -2.25. The molecule has 0 radical (unpaired) electrons. The van der Waals surface area contributed by atoms with Gasteiger partial charge in [0.1, 0.15) is 17.2 Å². The zero-order valence-electron chi connectivity index (χ0n) is 16.6. The molecule has 3 rings (SSSR count). The summed E-state index contributed by atoms with van der Waals surface area (Å²) in [5.74, 6) is 0.860. The van der Waals surface area contributed by atoms with Crippen molar-refractivity contribution in [3.8, 4) is 17.2 Å². The molecular formula is C24H27NO3. The van der Waals surface area contributed by atoms with E-state index in [2.05, 4.69) is 4.90 Å². The highest BCUT2D eigenvalue weighted by atomic mass is 16.3. The quantitative estimate of drug-likeness (QED) is 0.570. The van der Waals surface area contributed by atoms with Gasteiger partial charge in [-0.25, -0.2) is 0 Å². The van der Waals surface area contributed by atoms with E-state index in [1.54, 1.807) is 0 Å². The van der Waals surface area contributed by atoms with Gasteiger partial charge in [0.15, 0.2) is 0 Å². The fraction of sp³-hybridized carbons (Fsp3) is 0.250. The van der Waals surface area contributed by atoms with Gasteiger partial charge in [0, 0.05) is 36.3 Å². The molecule has 0 fully saturated rings. The summed E-state index contributed by atoms with van der Waals surface area (Å²) < 4.78 is 0. The van der Waals surface area contributed by atoms with E-state index in [0.717, 1.165) is 33.4 Å².